The zero-order valence-corrected chi connectivity index (χ0v) is 7.62. The molecule has 2 atom stereocenters. The van der Waals surface area contributed by atoms with E-state index in [-0.39, 0.29) is 0 Å². The third-order valence-electron chi connectivity index (χ3n) is 3.99. The van der Waals surface area contributed by atoms with Gasteiger partial charge < -0.3 is 5.11 Å². The van der Waals surface area contributed by atoms with E-state index in [1.807, 2.05) is 0 Å². The van der Waals surface area contributed by atoms with Crippen molar-refractivity contribution in [1.29, 1.82) is 0 Å². The summed E-state index contributed by atoms with van der Waals surface area (Å²) in [7, 11) is 0. The molecule has 2 fully saturated rings. The van der Waals surface area contributed by atoms with Crippen molar-refractivity contribution in [2.75, 3.05) is 0 Å². The average molecular weight is 178 g/mol. The second-order valence-electron chi connectivity index (χ2n) is 4.87. The molecule has 0 saturated heterocycles. The number of rotatable bonds is 1. The Kier molecular flexibility index (Phi) is 1.38. The molecule has 0 aliphatic heterocycles. The number of hydrogen-bond acceptors (Lipinski definition) is 1. The summed E-state index contributed by atoms with van der Waals surface area (Å²) >= 11 is 0. The summed E-state index contributed by atoms with van der Waals surface area (Å²) in [5.41, 5.74) is 2.09. The number of carboxylic acid groups (broad SMARTS) is 1. The monoisotopic (exact) mass is 178 g/mol. The van der Waals surface area contributed by atoms with Gasteiger partial charge in [-0.05, 0) is 49.9 Å². The van der Waals surface area contributed by atoms with Crippen LogP contribution in [0.25, 0.3) is 0 Å². The molecule has 0 spiro atoms. The summed E-state index contributed by atoms with van der Waals surface area (Å²) in [4.78, 5) is 11.0. The fraction of sp³-hybridized carbons (Fsp3) is 0.727. The maximum Gasteiger partial charge on any atom is 0.331 e. The highest BCUT2D eigenvalue weighted by Gasteiger charge is 2.43. The Morgan fingerprint density at radius 2 is 1.77 bits per heavy atom. The number of allylic oxidation sites excluding steroid dienone is 1. The maximum absolute atomic E-state index is 11.0. The molecule has 2 unspecified atom stereocenters. The summed E-state index contributed by atoms with van der Waals surface area (Å²) in [6, 6.07) is 0. The van der Waals surface area contributed by atoms with Crippen molar-refractivity contribution < 1.29 is 9.90 Å². The minimum atomic E-state index is -0.640. The van der Waals surface area contributed by atoms with E-state index in [0.717, 1.165) is 43.1 Å². The quantitative estimate of drug-likeness (QED) is 0.668. The molecule has 0 radical (unpaired) electrons. The molecule has 70 valence electrons. The highest BCUT2D eigenvalue weighted by Crippen LogP contribution is 2.53. The van der Waals surface area contributed by atoms with E-state index in [4.69, 9.17) is 5.11 Å². The summed E-state index contributed by atoms with van der Waals surface area (Å²) in [5.74, 6) is 1.43. The van der Waals surface area contributed by atoms with E-state index < -0.39 is 5.97 Å². The van der Waals surface area contributed by atoms with Gasteiger partial charge in [0.15, 0.2) is 0 Å². The molecule has 4 aliphatic carbocycles. The number of hydrogen-bond donors (Lipinski definition) is 1. The van der Waals surface area contributed by atoms with Crippen molar-refractivity contribution in [2.24, 2.45) is 17.8 Å². The lowest BCUT2D eigenvalue weighted by molar-refractivity contribution is -0.134. The molecular formula is C11H14O2. The minimum Gasteiger partial charge on any atom is -0.478 e. The molecule has 2 heteroatoms. The molecule has 2 saturated carbocycles. The van der Waals surface area contributed by atoms with Crippen LogP contribution in [0.5, 0.6) is 0 Å². The smallest absolute Gasteiger partial charge is 0.331 e. The fourth-order valence-electron chi connectivity index (χ4n) is 3.75. The molecule has 4 bridgehead atoms. The standard InChI is InChI=1S/C11H14O2/c12-11(13)10-8-2-6-1-7(4-8)5-9(10)3-6/h6-8H,1-5H2,(H,12,13). The van der Waals surface area contributed by atoms with Crippen LogP contribution in [0.3, 0.4) is 0 Å². The summed E-state index contributed by atoms with van der Waals surface area (Å²) in [6.45, 7) is 0. The van der Waals surface area contributed by atoms with Gasteiger partial charge in [-0.2, -0.15) is 0 Å². The first-order chi connectivity index (χ1) is 6.24. The van der Waals surface area contributed by atoms with Crippen molar-refractivity contribution in [3.05, 3.63) is 11.1 Å². The van der Waals surface area contributed by atoms with Gasteiger partial charge in [-0.15, -0.1) is 0 Å². The first kappa shape index (κ1) is 7.60. The largest absolute Gasteiger partial charge is 0.478 e. The van der Waals surface area contributed by atoms with Gasteiger partial charge >= 0.3 is 5.97 Å². The molecule has 0 aromatic carbocycles. The molecule has 0 amide bonds. The highest BCUT2D eigenvalue weighted by atomic mass is 16.4. The van der Waals surface area contributed by atoms with Gasteiger partial charge in [0, 0.05) is 5.57 Å². The number of aliphatic carboxylic acids is 1. The minimum absolute atomic E-state index is 0.416. The van der Waals surface area contributed by atoms with Gasteiger partial charge in [-0.1, -0.05) is 5.57 Å². The zero-order chi connectivity index (χ0) is 9.00. The van der Waals surface area contributed by atoms with Crippen LogP contribution in [0.15, 0.2) is 11.1 Å². The SMILES string of the molecule is O=C(O)C1=C2CC3CC(C2)CC1C3. The van der Waals surface area contributed by atoms with Crippen molar-refractivity contribution in [1.82, 2.24) is 0 Å². The average Bonchev–Trinajstić information content (AvgIpc) is 2.00. The van der Waals surface area contributed by atoms with Gasteiger partial charge in [0.1, 0.15) is 0 Å². The topological polar surface area (TPSA) is 37.3 Å². The molecule has 2 nitrogen and oxygen atoms in total. The molecule has 4 aliphatic rings. The van der Waals surface area contributed by atoms with Crippen LogP contribution in [0.4, 0.5) is 0 Å². The van der Waals surface area contributed by atoms with E-state index in [1.165, 1.54) is 12.0 Å². The van der Waals surface area contributed by atoms with Crippen LogP contribution in [-0.2, 0) is 4.79 Å². The highest BCUT2D eigenvalue weighted by molar-refractivity contribution is 5.88. The molecule has 1 N–H and O–H groups in total. The molecule has 0 heterocycles. The summed E-state index contributed by atoms with van der Waals surface area (Å²) < 4.78 is 0. The summed E-state index contributed by atoms with van der Waals surface area (Å²) in [6.07, 6.45) is 5.86. The second-order valence-corrected chi connectivity index (χ2v) is 4.87. The van der Waals surface area contributed by atoms with Crippen LogP contribution < -0.4 is 0 Å². The lowest BCUT2D eigenvalue weighted by Gasteiger charge is -2.46. The van der Waals surface area contributed by atoms with Gasteiger partial charge in [0.05, 0.1) is 0 Å². The first-order valence-corrected chi connectivity index (χ1v) is 5.19. The van der Waals surface area contributed by atoms with Crippen LogP contribution in [0.1, 0.15) is 32.1 Å². The van der Waals surface area contributed by atoms with Crippen molar-refractivity contribution in [2.45, 2.75) is 32.1 Å². The van der Waals surface area contributed by atoms with Gasteiger partial charge in [-0.3, -0.25) is 0 Å². The van der Waals surface area contributed by atoms with Crippen molar-refractivity contribution in [3.63, 3.8) is 0 Å². The zero-order valence-electron chi connectivity index (χ0n) is 7.62. The second kappa shape index (κ2) is 2.37. The van der Waals surface area contributed by atoms with E-state index >= 15 is 0 Å². The Hall–Kier alpha value is -0.790. The molecule has 0 aromatic heterocycles. The number of carboxylic acids is 1. The van der Waals surface area contributed by atoms with Crippen molar-refractivity contribution >= 4 is 5.97 Å². The molecule has 0 aromatic rings. The van der Waals surface area contributed by atoms with Gasteiger partial charge in [0.25, 0.3) is 0 Å². The molecular weight excluding hydrogens is 164 g/mol. The van der Waals surface area contributed by atoms with Crippen LogP contribution in [0.2, 0.25) is 0 Å². The van der Waals surface area contributed by atoms with Crippen LogP contribution >= 0.6 is 0 Å². The predicted molar refractivity (Wildman–Crippen MR) is 48.2 cm³/mol. The third kappa shape index (κ3) is 0.976. The first-order valence-electron chi connectivity index (χ1n) is 5.19. The Morgan fingerprint density at radius 1 is 1.15 bits per heavy atom. The lowest BCUT2D eigenvalue weighted by Crippen LogP contribution is -2.37. The van der Waals surface area contributed by atoms with E-state index in [2.05, 4.69) is 0 Å². The third-order valence-corrected chi connectivity index (χ3v) is 3.99. The number of carbonyl (C=O) groups is 1. The molecule has 13 heavy (non-hydrogen) atoms. The molecule has 4 rings (SSSR count). The Balaban J connectivity index is 2.06. The Bertz CT molecular complexity index is 287. The van der Waals surface area contributed by atoms with E-state index in [9.17, 15) is 4.79 Å². The van der Waals surface area contributed by atoms with Gasteiger partial charge in [0.2, 0.25) is 0 Å². The predicted octanol–water partition coefficient (Wildman–Crippen LogP) is 2.21. The van der Waals surface area contributed by atoms with Gasteiger partial charge in [-0.25, -0.2) is 4.79 Å². The van der Waals surface area contributed by atoms with Crippen LogP contribution in [-0.4, -0.2) is 11.1 Å². The Labute approximate surface area is 77.6 Å². The lowest BCUT2D eigenvalue weighted by atomic mass is 9.58. The fourth-order valence-corrected chi connectivity index (χ4v) is 3.75. The van der Waals surface area contributed by atoms with E-state index in [0.29, 0.717) is 5.92 Å². The van der Waals surface area contributed by atoms with Crippen molar-refractivity contribution in [3.8, 4) is 0 Å². The Morgan fingerprint density at radius 3 is 2.23 bits per heavy atom. The maximum atomic E-state index is 11.0. The van der Waals surface area contributed by atoms with Crippen LogP contribution in [0, 0.1) is 17.8 Å². The van der Waals surface area contributed by atoms with E-state index in [1.54, 1.807) is 0 Å². The normalized spacial score (nSPS) is 41.4. The summed E-state index contributed by atoms with van der Waals surface area (Å²) in [5, 5.41) is 9.09.